The molecular weight excluding hydrogens is 376 g/mol. The van der Waals surface area contributed by atoms with E-state index in [0.29, 0.717) is 17.9 Å². The number of anilines is 1. The molecule has 0 saturated heterocycles. The highest BCUT2D eigenvalue weighted by Gasteiger charge is 2.15. The van der Waals surface area contributed by atoms with Crippen LogP contribution in [0.5, 0.6) is 0 Å². The minimum Gasteiger partial charge on any atom is -0.307 e. The fraction of sp³-hybridized carbons (Fsp3) is 0.100. The van der Waals surface area contributed by atoms with Crippen LogP contribution in [0.4, 0.5) is 5.82 Å². The van der Waals surface area contributed by atoms with Crippen LogP contribution in [0.2, 0.25) is 0 Å². The number of benzene rings is 2. The Morgan fingerprint density at radius 1 is 1.07 bits per heavy atom. The maximum absolute atomic E-state index is 12.5. The van der Waals surface area contributed by atoms with Crippen LogP contribution in [0.3, 0.4) is 0 Å². The van der Waals surface area contributed by atoms with Gasteiger partial charge in [-0.1, -0.05) is 36.3 Å². The summed E-state index contributed by atoms with van der Waals surface area (Å²) in [6.45, 7) is 0.414. The lowest BCUT2D eigenvalue weighted by molar-refractivity contribution is 0.102. The number of aromatic nitrogens is 2. The molecule has 0 aliphatic heterocycles. The van der Waals surface area contributed by atoms with Gasteiger partial charge in [-0.15, -0.1) is 6.42 Å². The second-order valence-electron chi connectivity index (χ2n) is 5.87. The van der Waals surface area contributed by atoms with Gasteiger partial charge in [0.2, 0.25) is 10.0 Å². The molecule has 0 aliphatic rings. The van der Waals surface area contributed by atoms with Gasteiger partial charge in [-0.3, -0.25) is 4.79 Å². The maximum atomic E-state index is 12.5. The third kappa shape index (κ3) is 4.65. The van der Waals surface area contributed by atoms with Crippen molar-refractivity contribution in [1.29, 1.82) is 0 Å². The predicted molar refractivity (Wildman–Crippen MR) is 106 cm³/mol. The summed E-state index contributed by atoms with van der Waals surface area (Å²) in [5, 5.41) is 7.02. The standard InChI is InChI=1S/C20H18N4O3S/c1-2-13-22-28(26,27)18-10-8-17(9-11-18)20(25)23-19-12-14-21-24(19)15-16-6-4-3-5-7-16/h1,3-12,14,22H,13,15H2,(H,23,25). The third-order valence-corrected chi connectivity index (χ3v) is 5.34. The Kier molecular flexibility index (Phi) is 5.89. The first kappa shape index (κ1) is 19.4. The van der Waals surface area contributed by atoms with Gasteiger partial charge in [-0.25, -0.2) is 13.1 Å². The summed E-state index contributed by atoms with van der Waals surface area (Å²) in [7, 11) is -3.69. The van der Waals surface area contributed by atoms with E-state index in [1.54, 1.807) is 16.9 Å². The predicted octanol–water partition coefficient (Wildman–Crippen LogP) is 2.10. The highest BCUT2D eigenvalue weighted by Crippen LogP contribution is 2.14. The number of carbonyl (C=O) groups excluding carboxylic acids is 1. The lowest BCUT2D eigenvalue weighted by atomic mass is 10.2. The van der Waals surface area contributed by atoms with Crippen LogP contribution in [0.1, 0.15) is 15.9 Å². The first-order valence-electron chi connectivity index (χ1n) is 8.40. The molecule has 3 aromatic rings. The average Bonchev–Trinajstić information content (AvgIpc) is 3.14. The van der Waals surface area contributed by atoms with Crippen molar-refractivity contribution >= 4 is 21.7 Å². The minimum absolute atomic E-state index is 0.0356. The average molecular weight is 394 g/mol. The molecule has 1 heterocycles. The summed E-state index contributed by atoms with van der Waals surface area (Å²) in [5.74, 6) is 2.39. The number of hydrogen-bond donors (Lipinski definition) is 2. The van der Waals surface area contributed by atoms with Gasteiger partial charge in [0.1, 0.15) is 5.82 Å². The minimum atomic E-state index is -3.69. The number of amides is 1. The van der Waals surface area contributed by atoms with Crippen LogP contribution >= 0.6 is 0 Å². The lowest BCUT2D eigenvalue weighted by Gasteiger charge is -2.10. The molecule has 2 aromatic carbocycles. The molecule has 8 heteroatoms. The van der Waals surface area contributed by atoms with Crippen LogP contribution in [-0.4, -0.2) is 30.7 Å². The van der Waals surface area contributed by atoms with Crippen LogP contribution < -0.4 is 10.0 Å². The van der Waals surface area contributed by atoms with Crippen LogP contribution in [-0.2, 0) is 16.6 Å². The second kappa shape index (κ2) is 8.52. The molecule has 7 nitrogen and oxygen atoms in total. The topological polar surface area (TPSA) is 93.1 Å². The van der Waals surface area contributed by atoms with E-state index in [2.05, 4.69) is 21.1 Å². The molecule has 0 aliphatic carbocycles. The van der Waals surface area contributed by atoms with E-state index in [1.807, 2.05) is 30.3 Å². The number of terminal acetylenes is 1. The maximum Gasteiger partial charge on any atom is 0.256 e. The molecule has 3 rings (SSSR count). The SMILES string of the molecule is C#CCNS(=O)(=O)c1ccc(C(=O)Nc2ccnn2Cc2ccccc2)cc1. The summed E-state index contributed by atoms with van der Waals surface area (Å²) in [6, 6.07) is 17.0. The van der Waals surface area contributed by atoms with E-state index < -0.39 is 10.0 Å². The third-order valence-electron chi connectivity index (χ3n) is 3.92. The van der Waals surface area contributed by atoms with Crippen LogP contribution in [0.25, 0.3) is 0 Å². The number of sulfonamides is 1. The molecule has 142 valence electrons. The first-order chi connectivity index (χ1) is 13.5. The van der Waals surface area contributed by atoms with Crippen LogP contribution in [0.15, 0.2) is 71.8 Å². The molecule has 0 bridgehead atoms. The van der Waals surface area contributed by atoms with E-state index in [4.69, 9.17) is 6.42 Å². The Hall–Kier alpha value is -3.41. The highest BCUT2D eigenvalue weighted by molar-refractivity contribution is 7.89. The summed E-state index contributed by atoms with van der Waals surface area (Å²) >= 11 is 0. The molecule has 2 N–H and O–H groups in total. The summed E-state index contributed by atoms with van der Waals surface area (Å²) in [5.41, 5.74) is 1.37. The molecule has 28 heavy (non-hydrogen) atoms. The number of carbonyl (C=O) groups is 1. The van der Waals surface area contributed by atoms with E-state index >= 15 is 0 Å². The molecule has 1 aromatic heterocycles. The van der Waals surface area contributed by atoms with Crippen LogP contribution in [0, 0.1) is 12.3 Å². The molecule has 1 amide bonds. The van der Waals surface area contributed by atoms with Gasteiger partial charge in [-0.2, -0.15) is 9.82 Å². The van der Waals surface area contributed by atoms with Crippen molar-refractivity contribution in [3.8, 4) is 12.3 Å². The monoisotopic (exact) mass is 394 g/mol. The van der Waals surface area contributed by atoms with E-state index in [-0.39, 0.29) is 17.3 Å². The summed E-state index contributed by atoms with van der Waals surface area (Å²) < 4.78 is 28.0. The van der Waals surface area contributed by atoms with E-state index in [0.717, 1.165) is 5.56 Å². The Labute approximate surface area is 163 Å². The molecule has 0 unspecified atom stereocenters. The fourth-order valence-electron chi connectivity index (χ4n) is 2.52. The van der Waals surface area contributed by atoms with E-state index in [1.165, 1.54) is 24.3 Å². The second-order valence-corrected chi connectivity index (χ2v) is 7.63. The van der Waals surface area contributed by atoms with Gasteiger partial charge in [0.25, 0.3) is 5.91 Å². The molecule has 0 fully saturated rings. The molecule has 0 spiro atoms. The molecule has 0 atom stereocenters. The Morgan fingerprint density at radius 2 is 1.79 bits per heavy atom. The number of rotatable bonds is 7. The number of nitrogens with zero attached hydrogens (tertiary/aromatic N) is 2. The van der Waals surface area contributed by atoms with E-state index in [9.17, 15) is 13.2 Å². The Morgan fingerprint density at radius 3 is 2.46 bits per heavy atom. The van der Waals surface area contributed by atoms with Crippen molar-refractivity contribution in [1.82, 2.24) is 14.5 Å². The molecule has 0 saturated carbocycles. The summed E-state index contributed by atoms with van der Waals surface area (Å²) in [6.07, 6.45) is 6.67. The number of hydrogen-bond acceptors (Lipinski definition) is 4. The molecule has 0 radical (unpaired) electrons. The van der Waals surface area contributed by atoms with Crippen molar-refractivity contribution in [2.24, 2.45) is 0 Å². The fourth-order valence-corrected chi connectivity index (χ4v) is 3.45. The van der Waals surface area contributed by atoms with Crippen molar-refractivity contribution < 1.29 is 13.2 Å². The van der Waals surface area contributed by atoms with Gasteiger partial charge in [0.15, 0.2) is 0 Å². The first-order valence-corrected chi connectivity index (χ1v) is 9.88. The number of nitrogens with one attached hydrogen (secondary N) is 2. The van der Waals surface area contributed by atoms with Crippen molar-refractivity contribution in [3.63, 3.8) is 0 Å². The van der Waals surface area contributed by atoms with Crippen molar-refractivity contribution in [2.45, 2.75) is 11.4 Å². The van der Waals surface area contributed by atoms with Gasteiger partial charge >= 0.3 is 0 Å². The van der Waals surface area contributed by atoms with Gasteiger partial charge in [0, 0.05) is 11.6 Å². The molecular formula is C20H18N4O3S. The highest BCUT2D eigenvalue weighted by atomic mass is 32.2. The van der Waals surface area contributed by atoms with Gasteiger partial charge < -0.3 is 5.32 Å². The zero-order valence-electron chi connectivity index (χ0n) is 14.9. The quantitative estimate of drug-likeness (QED) is 0.600. The van der Waals surface area contributed by atoms with Gasteiger partial charge in [-0.05, 0) is 29.8 Å². The van der Waals surface area contributed by atoms with Crippen molar-refractivity contribution in [3.05, 3.63) is 78.0 Å². The van der Waals surface area contributed by atoms with Crippen molar-refractivity contribution in [2.75, 3.05) is 11.9 Å². The Balaban J connectivity index is 1.71. The zero-order chi connectivity index (χ0) is 20.0. The lowest BCUT2D eigenvalue weighted by Crippen LogP contribution is -2.24. The largest absolute Gasteiger partial charge is 0.307 e. The zero-order valence-corrected chi connectivity index (χ0v) is 15.7. The normalized spacial score (nSPS) is 11.0. The van der Waals surface area contributed by atoms with Gasteiger partial charge in [0.05, 0.1) is 24.2 Å². The Bertz CT molecular complexity index is 1100. The smallest absolute Gasteiger partial charge is 0.256 e. The summed E-state index contributed by atoms with van der Waals surface area (Å²) in [4.78, 5) is 12.5.